The SMILES string of the molecule is CCOC(=O)c1cc(C(C)C)sc1NC(=O)CN1CC(C)CC(C)C1. The molecule has 1 N–H and O–H groups in total. The molecule has 2 atom stereocenters. The van der Waals surface area contributed by atoms with Crippen molar-refractivity contribution >= 4 is 28.2 Å². The molecule has 0 aromatic carbocycles. The van der Waals surface area contributed by atoms with Gasteiger partial charge in [-0.25, -0.2) is 4.79 Å². The second kappa shape index (κ2) is 8.81. The number of esters is 1. The molecule has 0 radical (unpaired) electrons. The topological polar surface area (TPSA) is 58.6 Å². The molecule has 0 aliphatic carbocycles. The Hall–Kier alpha value is -1.40. The molecule has 1 saturated heterocycles. The zero-order valence-corrected chi connectivity index (χ0v) is 16.7. The zero-order chi connectivity index (χ0) is 18.6. The summed E-state index contributed by atoms with van der Waals surface area (Å²) in [4.78, 5) is 28.0. The van der Waals surface area contributed by atoms with Crippen LogP contribution in [0.15, 0.2) is 6.07 Å². The molecule has 0 spiro atoms. The third kappa shape index (κ3) is 5.54. The highest BCUT2D eigenvalue weighted by atomic mass is 32.1. The molecular weight excluding hydrogens is 336 g/mol. The lowest BCUT2D eigenvalue weighted by molar-refractivity contribution is -0.117. The number of thiophene rings is 1. The number of piperidine rings is 1. The van der Waals surface area contributed by atoms with Gasteiger partial charge in [-0.05, 0) is 37.2 Å². The summed E-state index contributed by atoms with van der Waals surface area (Å²) < 4.78 is 5.13. The summed E-state index contributed by atoms with van der Waals surface area (Å²) in [6.45, 7) is 13.0. The van der Waals surface area contributed by atoms with Crippen molar-refractivity contribution < 1.29 is 14.3 Å². The summed E-state index contributed by atoms with van der Waals surface area (Å²) in [7, 11) is 0. The number of hydrogen-bond donors (Lipinski definition) is 1. The van der Waals surface area contributed by atoms with Crippen LogP contribution >= 0.6 is 11.3 Å². The maximum absolute atomic E-state index is 12.5. The van der Waals surface area contributed by atoms with Gasteiger partial charge in [0.25, 0.3) is 0 Å². The van der Waals surface area contributed by atoms with Gasteiger partial charge in [-0.2, -0.15) is 0 Å². The predicted molar refractivity (Wildman–Crippen MR) is 102 cm³/mol. The van der Waals surface area contributed by atoms with E-state index in [0.717, 1.165) is 18.0 Å². The van der Waals surface area contributed by atoms with Crippen LogP contribution in [0, 0.1) is 11.8 Å². The number of anilines is 1. The average Bonchev–Trinajstić information content (AvgIpc) is 2.90. The van der Waals surface area contributed by atoms with Crippen LogP contribution in [0.5, 0.6) is 0 Å². The summed E-state index contributed by atoms with van der Waals surface area (Å²) in [6, 6.07) is 1.84. The maximum Gasteiger partial charge on any atom is 0.341 e. The first-order valence-corrected chi connectivity index (χ1v) is 9.94. The van der Waals surface area contributed by atoms with Crippen molar-refractivity contribution in [3.63, 3.8) is 0 Å². The van der Waals surface area contributed by atoms with Gasteiger partial charge in [-0.15, -0.1) is 11.3 Å². The number of rotatable bonds is 6. The summed E-state index contributed by atoms with van der Waals surface area (Å²) in [5.41, 5.74) is 0.462. The highest BCUT2D eigenvalue weighted by Crippen LogP contribution is 2.33. The number of carbonyl (C=O) groups excluding carboxylic acids is 2. The lowest BCUT2D eigenvalue weighted by atomic mass is 9.92. The van der Waals surface area contributed by atoms with Gasteiger partial charge in [0.2, 0.25) is 5.91 Å². The first kappa shape index (κ1) is 19.9. The average molecular weight is 367 g/mol. The molecular formula is C19H30N2O3S. The number of hydrogen-bond acceptors (Lipinski definition) is 5. The Bertz CT molecular complexity index is 602. The minimum atomic E-state index is -0.374. The van der Waals surface area contributed by atoms with Crippen LogP contribution in [0.25, 0.3) is 0 Å². The van der Waals surface area contributed by atoms with Gasteiger partial charge in [0.05, 0.1) is 18.7 Å². The van der Waals surface area contributed by atoms with Crippen molar-refractivity contribution in [2.24, 2.45) is 11.8 Å². The Labute approximate surface area is 154 Å². The molecule has 0 saturated carbocycles. The van der Waals surface area contributed by atoms with Gasteiger partial charge in [-0.3, -0.25) is 9.69 Å². The molecule has 6 heteroatoms. The number of nitrogens with zero attached hydrogens (tertiary/aromatic N) is 1. The van der Waals surface area contributed by atoms with E-state index in [2.05, 4.69) is 37.9 Å². The number of carbonyl (C=O) groups is 2. The third-order valence-corrected chi connectivity index (χ3v) is 5.73. The fraction of sp³-hybridized carbons (Fsp3) is 0.684. The van der Waals surface area contributed by atoms with Gasteiger partial charge in [-0.1, -0.05) is 27.7 Å². The van der Waals surface area contributed by atoms with Crippen molar-refractivity contribution in [2.75, 3.05) is 31.6 Å². The molecule has 140 valence electrons. The molecule has 1 aromatic rings. The van der Waals surface area contributed by atoms with Crippen molar-refractivity contribution in [3.05, 3.63) is 16.5 Å². The fourth-order valence-corrected chi connectivity index (χ4v) is 4.50. The third-order valence-electron chi connectivity index (χ3n) is 4.38. The standard InChI is InChI=1S/C19H30N2O3S/c1-6-24-19(23)15-8-16(12(2)3)25-18(15)20-17(22)11-21-9-13(4)7-14(5)10-21/h8,12-14H,6-7,9-11H2,1-5H3,(H,20,22). The predicted octanol–water partition coefficient (Wildman–Crippen LogP) is 3.96. The minimum Gasteiger partial charge on any atom is -0.462 e. The number of amides is 1. The molecule has 2 rings (SSSR count). The van der Waals surface area contributed by atoms with E-state index in [-0.39, 0.29) is 11.9 Å². The van der Waals surface area contributed by atoms with Gasteiger partial charge < -0.3 is 10.1 Å². The molecule has 2 unspecified atom stereocenters. The van der Waals surface area contributed by atoms with E-state index in [4.69, 9.17) is 4.74 Å². The van der Waals surface area contributed by atoms with E-state index in [9.17, 15) is 9.59 Å². The quantitative estimate of drug-likeness (QED) is 0.774. The van der Waals surface area contributed by atoms with Crippen molar-refractivity contribution in [2.45, 2.75) is 47.0 Å². The Morgan fingerprint density at radius 1 is 1.32 bits per heavy atom. The highest BCUT2D eigenvalue weighted by Gasteiger charge is 2.25. The lowest BCUT2D eigenvalue weighted by Crippen LogP contribution is -2.42. The maximum atomic E-state index is 12.5. The van der Waals surface area contributed by atoms with E-state index in [1.165, 1.54) is 17.8 Å². The fourth-order valence-electron chi connectivity index (χ4n) is 3.44. The second-order valence-electron chi connectivity index (χ2n) is 7.46. The van der Waals surface area contributed by atoms with E-state index in [1.54, 1.807) is 6.92 Å². The highest BCUT2D eigenvalue weighted by molar-refractivity contribution is 7.16. The normalized spacial score (nSPS) is 21.4. The molecule has 25 heavy (non-hydrogen) atoms. The Balaban J connectivity index is 2.07. The smallest absolute Gasteiger partial charge is 0.341 e. The molecule has 1 amide bonds. The van der Waals surface area contributed by atoms with E-state index in [1.807, 2.05) is 6.07 Å². The van der Waals surface area contributed by atoms with Gasteiger partial charge in [0.15, 0.2) is 0 Å². The van der Waals surface area contributed by atoms with Crippen molar-refractivity contribution in [1.82, 2.24) is 4.90 Å². The molecule has 1 fully saturated rings. The van der Waals surface area contributed by atoms with E-state index < -0.39 is 0 Å². The Morgan fingerprint density at radius 2 is 1.96 bits per heavy atom. The summed E-state index contributed by atoms with van der Waals surface area (Å²) in [6.07, 6.45) is 1.22. The number of nitrogens with one attached hydrogen (secondary N) is 1. The van der Waals surface area contributed by atoms with Crippen molar-refractivity contribution in [1.29, 1.82) is 0 Å². The first-order chi connectivity index (χ1) is 11.8. The first-order valence-electron chi connectivity index (χ1n) is 9.13. The number of likely N-dealkylation sites (tertiary alicyclic amines) is 1. The van der Waals surface area contributed by atoms with Crippen LogP contribution in [0.1, 0.15) is 62.2 Å². The van der Waals surface area contributed by atoms with Crippen LogP contribution in [0.2, 0.25) is 0 Å². The molecule has 1 aliphatic heterocycles. The van der Waals surface area contributed by atoms with E-state index in [0.29, 0.717) is 41.5 Å². The van der Waals surface area contributed by atoms with Crippen LogP contribution in [-0.2, 0) is 9.53 Å². The van der Waals surface area contributed by atoms with Crippen molar-refractivity contribution in [3.8, 4) is 0 Å². The summed E-state index contributed by atoms with van der Waals surface area (Å²) in [5, 5.41) is 3.54. The molecule has 0 bridgehead atoms. The summed E-state index contributed by atoms with van der Waals surface area (Å²) in [5.74, 6) is 1.08. The molecule has 2 heterocycles. The van der Waals surface area contributed by atoms with Crippen LogP contribution in [-0.4, -0.2) is 43.0 Å². The van der Waals surface area contributed by atoms with Gasteiger partial charge in [0, 0.05) is 18.0 Å². The second-order valence-corrected chi connectivity index (χ2v) is 8.54. The monoisotopic (exact) mass is 366 g/mol. The van der Waals surface area contributed by atoms with E-state index >= 15 is 0 Å². The lowest BCUT2D eigenvalue weighted by Gasteiger charge is -2.34. The van der Waals surface area contributed by atoms with Crippen LogP contribution < -0.4 is 5.32 Å². The number of ether oxygens (including phenoxy) is 1. The zero-order valence-electron chi connectivity index (χ0n) is 15.9. The largest absolute Gasteiger partial charge is 0.462 e. The molecule has 5 nitrogen and oxygen atoms in total. The Morgan fingerprint density at radius 3 is 2.52 bits per heavy atom. The van der Waals surface area contributed by atoms with Gasteiger partial charge >= 0.3 is 5.97 Å². The molecule has 1 aliphatic rings. The Kier molecular flexibility index (Phi) is 7.02. The van der Waals surface area contributed by atoms with Gasteiger partial charge in [0.1, 0.15) is 5.00 Å². The minimum absolute atomic E-state index is 0.0657. The van der Waals surface area contributed by atoms with Crippen LogP contribution in [0.4, 0.5) is 5.00 Å². The summed E-state index contributed by atoms with van der Waals surface area (Å²) >= 11 is 1.46. The van der Waals surface area contributed by atoms with Crippen LogP contribution in [0.3, 0.4) is 0 Å². The molecule has 1 aromatic heterocycles.